The molecule has 0 spiro atoms. The van der Waals surface area contributed by atoms with Gasteiger partial charge in [0.05, 0.1) is 6.61 Å². The summed E-state index contributed by atoms with van der Waals surface area (Å²) >= 11 is 0. The lowest BCUT2D eigenvalue weighted by molar-refractivity contribution is 0.212. The lowest BCUT2D eigenvalue weighted by Crippen LogP contribution is -2.24. The van der Waals surface area contributed by atoms with Crippen LogP contribution in [0.2, 0.25) is 0 Å². The highest BCUT2D eigenvalue weighted by atomic mass is 16.5. The number of phenolic OH excluding ortho intramolecular Hbond substituents is 1. The van der Waals surface area contributed by atoms with E-state index in [1.807, 2.05) is 36.4 Å². The zero-order valence-electron chi connectivity index (χ0n) is 16.2. The molecule has 0 aromatic heterocycles. The van der Waals surface area contributed by atoms with Crippen LogP contribution in [0, 0.1) is 10.8 Å². The second-order valence-electron chi connectivity index (χ2n) is 8.71. The summed E-state index contributed by atoms with van der Waals surface area (Å²) in [5.41, 5.74) is 3.26. The third kappa shape index (κ3) is 3.36. The van der Waals surface area contributed by atoms with Crippen molar-refractivity contribution >= 4 is 5.76 Å². The molecule has 3 heteroatoms. The molecule has 2 aromatic rings. The van der Waals surface area contributed by atoms with Crippen molar-refractivity contribution in [2.75, 3.05) is 6.61 Å². The molecule has 0 saturated heterocycles. The van der Waals surface area contributed by atoms with Crippen molar-refractivity contribution in [1.82, 2.24) is 0 Å². The maximum absolute atomic E-state index is 10.6. The third-order valence-electron chi connectivity index (χ3n) is 4.93. The van der Waals surface area contributed by atoms with E-state index in [1.165, 1.54) is 5.57 Å². The zero-order chi connectivity index (χ0) is 19.1. The Morgan fingerprint density at radius 1 is 1.04 bits per heavy atom. The summed E-state index contributed by atoms with van der Waals surface area (Å²) in [5, 5.41) is 21.2. The first-order valence-electron chi connectivity index (χ1n) is 9.05. The Balaban J connectivity index is 2.03. The van der Waals surface area contributed by atoms with Crippen LogP contribution in [0.5, 0.6) is 5.75 Å². The molecule has 1 heterocycles. The van der Waals surface area contributed by atoms with Crippen molar-refractivity contribution in [1.29, 1.82) is 0 Å². The summed E-state index contributed by atoms with van der Waals surface area (Å²) in [6.45, 7) is 11.6. The monoisotopic (exact) mass is 352 g/mol. The predicted octanol–water partition coefficient (Wildman–Crippen LogP) is 5.29. The fourth-order valence-corrected chi connectivity index (χ4v) is 4.02. The van der Waals surface area contributed by atoms with Gasteiger partial charge in [0.15, 0.2) is 0 Å². The van der Waals surface area contributed by atoms with Gasteiger partial charge >= 0.3 is 0 Å². The molecule has 1 atom stereocenters. The highest BCUT2D eigenvalue weighted by Gasteiger charge is 2.41. The molecule has 1 unspecified atom stereocenters. The van der Waals surface area contributed by atoms with Crippen molar-refractivity contribution < 1.29 is 14.9 Å². The number of aromatic hydroxyl groups is 1. The lowest BCUT2D eigenvalue weighted by Gasteiger charge is -2.30. The average Bonchev–Trinajstić information content (AvgIpc) is 2.90. The second-order valence-corrected chi connectivity index (χ2v) is 8.71. The molecule has 0 saturated carbocycles. The lowest BCUT2D eigenvalue weighted by atomic mass is 9.71. The van der Waals surface area contributed by atoms with E-state index in [9.17, 15) is 10.2 Å². The van der Waals surface area contributed by atoms with Gasteiger partial charge in [-0.15, -0.1) is 0 Å². The summed E-state index contributed by atoms with van der Waals surface area (Å²) in [4.78, 5) is 0. The molecule has 138 valence electrons. The highest BCUT2D eigenvalue weighted by Crippen LogP contribution is 2.50. The number of rotatable bonds is 3. The first-order chi connectivity index (χ1) is 12.1. The van der Waals surface area contributed by atoms with Crippen molar-refractivity contribution in [3.8, 4) is 5.75 Å². The standard InChI is InChI=1S/C23H28O3/c1-22(2,3)21-20(26-14-23(21,4)5)16-11-12-17(18(24)13-16)19(25)15-9-7-6-8-10-15/h6-13,19,24-25H,14H2,1-5H3. The predicted molar refractivity (Wildman–Crippen MR) is 105 cm³/mol. The van der Waals surface area contributed by atoms with Crippen molar-refractivity contribution in [3.63, 3.8) is 0 Å². The fraction of sp³-hybridized carbons (Fsp3) is 0.391. The van der Waals surface area contributed by atoms with E-state index >= 15 is 0 Å². The van der Waals surface area contributed by atoms with Crippen LogP contribution in [-0.4, -0.2) is 16.8 Å². The quantitative estimate of drug-likeness (QED) is 0.789. The van der Waals surface area contributed by atoms with Gasteiger partial charge in [-0.1, -0.05) is 77.1 Å². The van der Waals surface area contributed by atoms with Gasteiger partial charge in [0.1, 0.15) is 17.6 Å². The second kappa shape index (κ2) is 6.48. The molecule has 0 radical (unpaired) electrons. The third-order valence-corrected chi connectivity index (χ3v) is 4.93. The van der Waals surface area contributed by atoms with Crippen LogP contribution >= 0.6 is 0 Å². The van der Waals surface area contributed by atoms with E-state index in [1.54, 1.807) is 12.1 Å². The number of hydrogen-bond donors (Lipinski definition) is 2. The van der Waals surface area contributed by atoms with Crippen molar-refractivity contribution in [2.24, 2.45) is 10.8 Å². The Kier molecular flexibility index (Phi) is 4.61. The minimum absolute atomic E-state index is 0.0345. The highest BCUT2D eigenvalue weighted by molar-refractivity contribution is 5.69. The van der Waals surface area contributed by atoms with Crippen molar-refractivity contribution in [2.45, 2.75) is 40.7 Å². The van der Waals surface area contributed by atoms with E-state index in [2.05, 4.69) is 34.6 Å². The SMILES string of the molecule is CC(C)(C)C1=C(c2ccc(C(O)c3ccccc3)c(O)c2)OCC1(C)C. The minimum atomic E-state index is -0.859. The van der Waals surface area contributed by atoms with Gasteiger partial charge < -0.3 is 14.9 Å². The number of phenols is 1. The summed E-state index contributed by atoms with van der Waals surface area (Å²) in [7, 11) is 0. The molecule has 1 aliphatic rings. The molecule has 0 bridgehead atoms. The Morgan fingerprint density at radius 3 is 2.27 bits per heavy atom. The largest absolute Gasteiger partial charge is 0.508 e. The van der Waals surface area contributed by atoms with E-state index < -0.39 is 6.10 Å². The minimum Gasteiger partial charge on any atom is -0.508 e. The summed E-state index contributed by atoms with van der Waals surface area (Å²) in [6.07, 6.45) is -0.859. The van der Waals surface area contributed by atoms with Crippen LogP contribution < -0.4 is 0 Å². The van der Waals surface area contributed by atoms with Crippen LogP contribution in [0.1, 0.15) is 57.4 Å². The maximum Gasteiger partial charge on any atom is 0.127 e. The van der Waals surface area contributed by atoms with Crippen LogP contribution in [0.3, 0.4) is 0 Å². The van der Waals surface area contributed by atoms with Crippen molar-refractivity contribution in [3.05, 3.63) is 70.8 Å². The van der Waals surface area contributed by atoms with Gasteiger partial charge in [0.2, 0.25) is 0 Å². The topological polar surface area (TPSA) is 49.7 Å². The smallest absolute Gasteiger partial charge is 0.127 e. The van der Waals surface area contributed by atoms with Crippen LogP contribution in [0.25, 0.3) is 5.76 Å². The zero-order valence-corrected chi connectivity index (χ0v) is 16.2. The van der Waals surface area contributed by atoms with Gasteiger partial charge in [0, 0.05) is 16.5 Å². The number of hydrogen-bond acceptors (Lipinski definition) is 3. The summed E-state index contributed by atoms with van der Waals surface area (Å²) < 4.78 is 6.04. The molecule has 0 fully saturated rings. The summed E-state index contributed by atoms with van der Waals surface area (Å²) in [5.74, 6) is 0.923. The Bertz CT molecular complexity index is 826. The molecular weight excluding hydrogens is 324 g/mol. The molecule has 0 aliphatic carbocycles. The molecule has 3 nitrogen and oxygen atoms in total. The van der Waals surface area contributed by atoms with E-state index in [4.69, 9.17) is 4.74 Å². The number of aliphatic hydroxyl groups excluding tert-OH is 1. The Morgan fingerprint density at radius 2 is 1.69 bits per heavy atom. The molecular formula is C23H28O3. The van der Waals surface area contributed by atoms with E-state index in [-0.39, 0.29) is 16.6 Å². The molecule has 3 rings (SSSR count). The van der Waals surface area contributed by atoms with Crippen LogP contribution in [0.15, 0.2) is 54.1 Å². The summed E-state index contributed by atoms with van der Waals surface area (Å²) in [6, 6.07) is 14.7. The number of aliphatic hydroxyl groups is 1. The molecule has 26 heavy (non-hydrogen) atoms. The fourth-order valence-electron chi connectivity index (χ4n) is 4.02. The molecule has 1 aliphatic heterocycles. The van der Waals surface area contributed by atoms with Crippen LogP contribution in [0.4, 0.5) is 0 Å². The maximum atomic E-state index is 10.6. The van der Waals surface area contributed by atoms with Gasteiger partial charge in [0.25, 0.3) is 0 Å². The van der Waals surface area contributed by atoms with Gasteiger partial charge in [-0.3, -0.25) is 0 Å². The molecule has 2 N–H and O–H groups in total. The molecule has 0 amide bonds. The first kappa shape index (κ1) is 18.5. The van der Waals surface area contributed by atoms with Gasteiger partial charge in [-0.25, -0.2) is 0 Å². The van der Waals surface area contributed by atoms with E-state index in [0.29, 0.717) is 12.2 Å². The number of benzene rings is 2. The number of ether oxygens (including phenoxy) is 1. The Hall–Kier alpha value is -2.26. The van der Waals surface area contributed by atoms with E-state index in [0.717, 1.165) is 16.9 Å². The Labute approximate surface area is 156 Å². The normalized spacial score (nSPS) is 17.9. The first-order valence-corrected chi connectivity index (χ1v) is 9.05. The van der Waals surface area contributed by atoms with Gasteiger partial charge in [-0.05, 0) is 22.6 Å². The van der Waals surface area contributed by atoms with Gasteiger partial charge in [-0.2, -0.15) is 0 Å². The van der Waals surface area contributed by atoms with Crippen LogP contribution in [-0.2, 0) is 4.74 Å². The average molecular weight is 352 g/mol. The molecule has 2 aromatic carbocycles.